The number of hydrogen-bond acceptors (Lipinski definition) is 3. The Morgan fingerprint density at radius 3 is 2.40 bits per heavy atom. The van der Waals surface area contributed by atoms with Gasteiger partial charge in [0.25, 0.3) is 0 Å². The van der Waals surface area contributed by atoms with Crippen molar-refractivity contribution in [3.8, 4) is 0 Å². The Hall–Kier alpha value is -0.610. The van der Waals surface area contributed by atoms with E-state index >= 15 is 0 Å². The molecule has 4 heteroatoms. The zero-order valence-electron chi connectivity index (χ0n) is 9.19. The van der Waals surface area contributed by atoms with Crippen LogP contribution in [0.25, 0.3) is 0 Å². The fourth-order valence-corrected chi connectivity index (χ4v) is 3.03. The third kappa shape index (κ3) is 1.47. The van der Waals surface area contributed by atoms with Gasteiger partial charge >= 0.3 is 0 Å². The van der Waals surface area contributed by atoms with Crippen molar-refractivity contribution in [1.29, 1.82) is 0 Å². The second-order valence-corrected chi connectivity index (χ2v) is 4.96. The van der Waals surface area contributed by atoms with Gasteiger partial charge in [-0.15, -0.1) is 0 Å². The molecular weight excluding hydrogens is 192 g/mol. The summed E-state index contributed by atoms with van der Waals surface area (Å²) in [4.78, 5) is 19.6. The van der Waals surface area contributed by atoms with Crippen LogP contribution < -0.4 is 0 Å². The molecule has 3 saturated heterocycles. The van der Waals surface area contributed by atoms with Crippen LogP contribution in [-0.4, -0.2) is 47.7 Å². The van der Waals surface area contributed by atoms with Crippen molar-refractivity contribution in [2.45, 2.75) is 50.3 Å². The van der Waals surface area contributed by atoms with Crippen LogP contribution in [0.4, 0.5) is 0 Å². The van der Waals surface area contributed by atoms with E-state index in [-0.39, 0.29) is 11.9 Å². The number of hydroxylamine groups is 2. The fraction of sp³-hybridized carbons (Fsp3) is 0.909. The molecule has 4 aliphatic rings. The van der Waals surface area contributed by atoms with E-state index < -0.39 is 0 Å². The van der Waals surface area contributed by atoms with Gasteiger partial charge in [-0.3, -0.25) is 9.63 Å². The Morgan fingerprint density at radius 1 is 1.20 bits per heavy atom. The van der Waals surface area contributed by atoms with Crippen LogP contribution in [0.1, 0.15) is 32.1 Å². The average molecular weight is 210 g/mol. The first-order valence-corrected chi connectivity index (χ1v) is 5.96. The number of amides is 1. The highest BCUT2D eigenvalue weighted by Gasteiger charge is 2.44. The molecule has 0 aromatic rings. The summed E-state index contributed by atoms with van der Waals surface area (Å²) in [7, 11) is 1.88. The highest BCUT2D eigenvalue weighted by Crippen LogP contribution is 2.35. The van der Waals surface area contributed by atoms with Gasteiger partial charge in [-0.1, -0.05) is 0 Å². The molecule has 1 unspecified atom stereocenters. The number of carbonyl (C=O) groups excluding carboxylic acids is 1. The van der Waals surface area contributed by atoms with E-state index in [0.717, 1.165) is 13.0 Å². The van der Waals surface area contributed by atoms with Gasteiger partial charge in [0.15, 0.2) is 0 Å². The largest absolute Gasteiger partial charge is 0.344 e. The maximum atomic E-state index is 11.9. The molecule has 0 N–H and O–H groups in total. The fourth-order valence-electron chi connectivity index (χ4n) is 3.03. The summed E-state index contributed by atoms with van der Waals surface area (Å²) in [6.45, 7) is 0.876. The van der Waals surface area contributed by atoms with Gasteiger partial charge in [-0.25, -0.2) is 0 Å². The molecule has 1 aliphatic carbocycles. The first kappa shape index (κ1) is 9.60. The summed E-state index contributed by atoms with van der Waals surface area (Å²) in [5, 5.41) is 2.02. The zero-order chi connectivity index (χ0) is 10.4. The highest BCUT2D eigenvalue weighted by molar-refractivity contribution is 5.83. The van der Waals surface area contributed by atoms with Crippen LogP contribution in [-0.2, 0) is 9.63 Å². The number of likely N-dealkylation sites (tertiary alicyclic amines) is 1. The van der Waals surface area contributed by atoms with Gasteiger partial charge in [0.05, 0.1) is 6.10 Å². The number of fused-ring (bicyclic) bond motifs is 3. The molecule has 1 amide bonds. The molecule has 4 rings (SSSR count). The molecule has 84 valence electrons. The van der Waals surface area contributed by atoms with Crippen LogP contribution in [0.15, 0.2) is 0 Å². The van der Waals surface area contributed by atoms with Gasteiger partial charge in [0.2, 0.25) is 5.91 Å². The summed E-state index contributed by atoms with van der Waals surface area (Å²) in [5.41, 5.74) is 0. The van der Waals surface area contributed by atoms with E-state index in [1.807, 2.05) is 17.0 Å². The van der Waals surface area contributed by atoms with Gasteiger partial charge < -0.3 is 4.90 Å². The molecule has 0 aromatic carbocycles. The molecule has 0 spiro atoms. The Balaban J connectivity index is 1.75. The Morgan fingerprint density at radius 2 is 1.93 bits per heavy atom. The number of rotatable bonds is 1. The van der Waals surface area contributed by atoms with Crippen LogP contribution in [0, 0.1) is 0 Å². The molecular formula is C11H18N2O2. The molecule has 3 aliphatic heterocycles. The molecule has 1 atom stereocenters. The summed E-state index contributed by atoms with van der Waals surface area (Å²) in [6, 6.07) is 0.499. The van der Waals surface area contributed by atoms with E-state index in [4.69, 9.17) is 4.84 Å². The minimum atomic E-state index is 0.00287. The minimum Gasteiger partial charge on any atom is -0.344 e. The maximum Gasteiger partial charge on any atom is 0.242 e. The second-order valence-electron chi connectivity index (χ2n) is 4.96. The third-order valence-corrected chi connectivity index (χ3v) is 3.98. The van der Waals surface area contributed by atoms with Gasteiger partial charge in [-0.05, 0) is 32.1 Å². The predicted molar refractivity (Wildman–Crippen MR) is 55.0 cm³/mol. The van der Waals surface area contributed by atoms with E-state index in [0.29, 0.717) is 12.1 Å². The maximum absolute atomic E-state index is 11.9. The van der Waals surface area contributed by atoms with Crippen molar-refractivity contribution in [2.24, 2.45) is 0 Å². The van der Waals surface area contributed by atoms with Crippen LogP contribution in [0.2, 0.25) is 0 Å². The van der Waals surface area contributed by atoms with Crippen molar-refractivity contribution in [1.82, 2.24) is 9.96 Å². The molecule has 0 radical (unpaired) electrons. The first-order valence-electron chi connectivity index (χ1n) is 5.96. The van der Waals surface area contributed by atoms with E-state index in [1.165, 1.54) is 25.7 Å². The lowest BCUT2D eigenvalue weighted by molar-refractivity contribution is -0.289. The number of hydrogen-bond donors (Lipinski definition) is 0. The smallest absolute Gasteiger partial charge is 0.242 e. The molecule has 1 saturated carbocycles. The van der Waals surface area contributed by atoms with Crippen molar-refractivity contribution < 1.29 is 9.63 Å². The summed E-state index contributed by atoms with van der Waals surface area (Å²) >= 11 is 0. The lowest BCUT2D eigenvalue weighted by Crippen LogP contribution is -2.55. The third-order valence-electron chi connectivity index (χ3n) is 3.98. The van der Waals surface area contributed by atoms with E-state index in [1.54, 1.807) is 0 Å². The van der Waals surface area contributed by atoms with Crippen LogP contribution in [0.5, 0.6) is 0 Å². The van der Waals surface area contributed by atoms with Gasteiger partial charge in [0.1, 0.15) is 6.04 Å². The summed E-state index contributed by atoms with van der Waals surface area (Å²) < 4.78 is 0. The minimum absolute atomic E-state index is 0.00287. The molecule has 0 aromatic heterocycles. The lowest BCUT2D eigenvalue weighted by Gasteiger charge is -2.46. The lowest BCUT2D eigenvalue weighted by atomic mass is 9.90. The Kier molecular flexibility index (Phi) is 2.21. The molecule has 3 heterocycles. The quantitative estimate of drug-likeness (QED) is 0.641. The summed E-state index contributed by atoms with van der Waals surface area (Å²) in [5.74, 6) is 0.238. The predicted octanol–water partition coefficient (Wildman–Crippen LogP) is 0.775. The number of carbonyl (C=O) groups is 1. The summed E-state index contributed by atoms with van der Waals surface area (Å²) in [6.07, 6.45) is 6.08. The van der Waals surface area contributed by atoms with Crippen molar-refractivity contribution in [3.05, 3.63) is 0 Å². The number of nitrogens with zero attached hydrogens (tertiary/aromatic N) is 2. The van der Waals surface area contributed by atoms with Crippen LogP contribution >= 0.6 is 0 Å². The average Bonchev–Trinajstić information content (AvgIpc) is 2.61. The van der Waals surface area contributed by atoms with Crippen molar-refractivity contribution >= 4 is 5.91 Å². The number of likely N-dealkylation sites (N-methyl/N-ethyl adjacent to an activating group) is 1. The molecule has 4 fully saturated rings. The second kappa shape index (κ2) is 3.46. The molecule has 2 bridgehead atoms. The van der Waals surface area contributed by atoms with Gasteiger partial charge in [-0.2, -0.15) is 5.06 Å². The zero-order valence-corrected chi connectivity index (χ0v) is 9.19. The van der Waals surface area contributed by atoms with Gasteiger partial charge in [0, 0.05) is 19.6 Å². The highest BCUT2D eigenvalue weighted by atomic mass is 16.7. The molecule has 15 heavy (non-hydrogen) atoms. The SMILES string of the molecule is CN1CCC(N2OC3CCC2CC3)C1=O. The van der Waals surface area contributed by atoms with E-state index in [9.17, 15) is 4.79 Å². The van der Waals surface area contributed by atoms with Crippen LogP contribution in [0.3, 0.4) is 0 Å². The Labute approximate surface area is 90.1 Å². The normalized spacial score (nSPS) is 41.5. The van der Waals surface area contributed by atoms with Crippen molar-refractivity contribution in [3.63, 3.8) is 0 Å². The topological polar surface area (TPSA) is 32.8 Å². The Bertz CT molecular complexity index is 274. The molecule has 4 nitrogen and oxygen atoms in total. The standard InChI is InChI=1S/C11H18N2O2/c1-12-7-6-10(11(12)14)13-8-2-4-9(15-13)5-3-8/h8-10H,2-7H2,1H3. The monoisotopic (exact) mass is 210 g/mol. The van der Waals surface area contributed by atoms with Crippen molar-refractivity contribution in [2.75, 3.05) is 13.6 Å². The first-order chi connectivity index (χ1) is 7.25. The van der Waals surface area contributed by atoms with E-state index in [2.05, 4.69) is 0 Å².